The summed E-state index contributed by atoms with van der Waals surface area (Å²) in [5.41, 5.74) is 3.46. The zero-order chi connectivity index (χ0) is 26.1. The van der Waals surface area contributed by atoms with Crippen molar-refractivity contribution in [3.63, 3.8) is 0 Å². The van der Waals surface area contributed by atoms with Crippen LogP contribution in [0.1, 0.15) is 31.0 Å². The molecule has 5 rings (SSSR count). The molecule has 188 valence electrons. The molecule has 0 aliphatic carbocycles. The van der Waals surface area contributed by atoms with E-state index in [1.807, 2.05) is 60.8 Å². The monoisotopic (exact) mass is 513 g/mol. The highest BCUT2D eigenvalue weighted by Gasteiger charge is 2.33. The van der Waals surface area contributed by atoms with E-state index in [1.165, 1.54) is 11.3 Å². The Labute approximate surface area is 217 Å². The number of methoxy groups -OCH3 is 1. The quantitative estimate of drug-likeness (QED) is 0.277. The molecule has 37 heavy (non-hydrogen) atoms. The molecule has 1 aliphatic rings. The number of hydrogen-bond donors (Lipinski definition) is 0. The van der Waals surface area contributed by atoms with E-state index in [9.17, 15) is 9.59 Å². The second kappa shape index (κ2) is 10.1. The van der Waals surface area contributed by atoms with Crippen molar-refractivity contribution in [2.24, 2.45) is 4.99 Å². The maximum Gasteiger partial charge on any atom is 0.338 e. The third-order valence-corrected chi connectivity index (χ3v) is 7.36. The summed E-state index contributed by atoms with van der Waals surface area (Å²) in [7, 11) is 1.60. The molecule has 1 aliphatic heterocycles. The first-order valence-corrected chi connectivity index (χ1v) is 12.8. The fourth-order valence-electron chi connectivity index (χ4n) is 4.71. The zero-order valence-corrected chi connectivity index (χ0v) is 21.7. The second-order valence-electron chi connectivity index (χ2n) is 8.62. The Hall–Kier alpha value is -4.17. The molecule has 2 aromatic heterocycles. The van der Waals surface area contributed by atoms with Crippen LogP contribution >= 0.6 is 11.3 Å². The standard InChI is InChI=1S/C29H27N3O4S/c1-5-15-31-17-20(22-9-7-8-10-23(22)31)16-24-27(33)32-26(19-11-13-21(35-4)14-12-19)25(28(34)36-6-2)18(3)30-29(32)37-24/h5,7-14,16-17,26H,1,6,15H2,2-4H3/b24-16-. The van der Waals surface area contributed by atoms with E-state index < -0.39 is 12.0 Å². The van der Waals surface area contributed by atoms with Gasteiger partial charge in [-0.3, -0.25) is 9.36 Å². The number of aromatic nitrogens is 2. The van der Waals surface area contributed by atoms with Crippen LogP contribution in [0.25, 0.3) is 17.0 Å². The number of allylic oxidation sites excluding steroid dienone is 2. The van der Waals surface area contributed by atoms with Crippen LogP contribution in [0.3, 0.4) is 0 Å². The van der Waals surface area contributed by atoms with Crippen molar-refractivity contribution in [3.8, 4) is 5.75 Å². The van der Waals surface area contributed by atoms with Crippen molar-refractivity contribution in [1.82, 2.24) is 9.13 Å². The van der Waals surface area contributed by atoms with Gasteiger partial charge in [-0.05, 0) is 43.7 Å². The average molecular weight is 514 g/mol. The molecule has 0 saturated heterocycles. The van der Waals surface area contributed by atoms with Crippen LogP contribution in [0, 0.1) is 0 Å². The zero-order valence-electron chi connectivity index (χ0n) is 20.9. The first-order valence-electron chi connectivity index (χ1n) is 12.0. The van der Waals surface area contributed by atoms with Gasteiger partial charge in [-0.1, -0.05) is 47.7 Å². The van der Waals surface area contributed by atoms with Gasteiger partial charge < -0.3 is 14.0 Å². The molecular weight excluding hydrogens is 486 g/mol. The summed E-state index contributed by atoms with van der Waals surface area (Å²) in [5.74, 6) is 0.205. The van der Waals surface area contributed by atoms with Gasteiger partial charge in [0.15, 0.2) is 4.80 Å². The first kappa shape index (κ1) is 24.5. The van der Waals surface area contributed by atoms with Gasteiger partial charge in [0.1, 0.15) is 5.75 Å². The number of thiazole rings is 1. The molecule has 8 heteroatoms. The Morgan fingerprint density at radius 2 is 1.95 bits per heavy atom. The number of fused-ring (bicyclic) bond motifs is 2. The molecular formula is C29H27N3O4S. The second-order valence-corrected chi connectivity index (χ2v) is 9.63. The number of para-hydroxylation sites is 1. The largest absolute Gasteiger partial charge is 0.497 e. The summed E-state index contributed by atoms with van der Waals surface area (Å²) in [6.07, 6.45) is 5.78. The van der Waals surface area contributed by atoms with Crippen molar-refractivity contribution in [1.29, 1.82) is 0 Å². The van der Waals surface area contributed by atoms with E-state index in [2.05, 4.69) is 22.2 Å². The van der Waals surface area contributed by atoms with Gasteiger partial charge in [-0.2, -0.15) is 0 Å². The van der Waals surface area contributed by atoms with E-state index in [-0.39, 0.29) is 12.2 Å². The highest BCUT2D eigenvalue weighted by Crippen LogP contribution is 2.31. The van der Waals surface area contributed by atoms with Gasteiger partial charge in [-0.15, -0.1) is 6.58 Å². The SMILES string of the molecule is C=CCn1cc(/C=c2\sc3n(c2=O)C(c2ccc(OC)cc2)C(C(=O)OCC)=C(C)N=3)c2ccccc21. The highest BCUT2D eigenvalue weighted by molar-refractivity contribution is 7.07. The normalized spacial score (nSPS) is 15.4. The molecule has 4 aromatic rings. The van der Waals surface area contributed by atoms with Crippen LogP contribution in [0.4, 0.5) is 0 Å². The van der Waals surface area contributed by atoms with Crippen molar-refractivity contribution >= 4 is 34.3 Å². The van der Waals surface area contributed by atoms with Crippen LogP contribution in [0.5, 0.6) is 5.75 Å². The molecule has 0 spiro atoms. The molecule has 0 radical (unpaired) electrons. The summed E-state index contributed by atoms with van der Waals surface area (Å²) in [4.78, 5) is 32.1. The lowest BCUT2D eigenvalue weighted by Crippen LogP contribution is -2.39. The van der Waals surface area contributed by atoms with Gasteiger partial charge in [0.2, 0.25) is 0 Å². The van der Waals surface area contributed by atoms with Crippen LogP contribution in [0.15, 0.2) is 88.4 Å². The topological polar surface area (TPSA) is 74.8 Å². The number of carbonyl (C=O) groups excluding carboxylic acids is 1. The van der Waals surface area contributed by atoms with E-state index in [4.69, 9.17) is 9.47 Å². The summed E-state index contributed by atoms with van der Waals surface area (Å²) < 4.78 is 14.9. The maximum absolute atomic E-state index is 13.9. The Bertz CT molecular complexity index is 1720. The Morgan fingerprint density at radius 1 is 1.19 bits per heavy atom. The minimum absolute atomic E-state index is 0.209. The third-order valence-electron chi connectivity index (χ3n) is 6.38. The Morgan fingerprint density at radius 3 is 2.65 bits per heavy atom. The maximum atomic E-state index is 13.9. The minimum Gasteiger partial charge on any atom is -0.497 e. The van der Waals surface area contributed by atoms with E-state index in [0.29, 0.717) is 32.9 Å². The molecule has 0 bridgehead atoms. The van der Waals surface area contributed by atoms with Gasteiger partial charge in [0.25, 0.3) is 5.56 Å². The molecule has 1 atom stereocenters. The lowest BCUT2D eigenvalue weighted by atomic mass is 9.96. The Kier molecular flexibility index (Phi) is 6.67. The number of ether oxygens (including phenoxy) is 2. The smallest absolute Gasteiger partial charge is 0.338 e. The molecule has 3 heterocycles. The number of benzene rings is 2. The van der Waals surface area contributed by atoms with Crippen molar-refractivity contribution in [2.75, 3.05) is 13.7 Å². The van der Waals surface area contributed by atoms with Crippen molar-refractivity contribution < 1.29 is 14.3 Å². The molecule has 0 N–H and O–H groups in total. The molecule has 1 unspecified atom stereocenters. The number of hydrogen-bond acceptors (Lipinski definition) is 6. The predicted molar refractivity (Wildman–Crippen MR) is 146 cm³/mol. The average Bonchev–Trinajstić information content (AvgIpc) is 3.40. The number of nitrogens with zero attached hydrogens (tertiary/aromatic N) is 3. The lowest BCUT2D eigenvalue weighted by Gasteiger charge is -2.24. The van der Waals surface area contributed by atoms with Crippen LogP contribution < -0.4 is 19.6 Å². The highest BCUT2D eigenvalue weighted by atomic mass is 32.1. The van der Waals surface area contributed by atoms with Gasteiger partial charge in [0, 0.05) is 29.2 Å². The number of esters is 1. The molecule has 0 saturated carbocycles. The summed E-state index contributed by atoms with van der Waals surface area (Å²) in [5, 5.41) is 1.05. The van der Waals surface area contributed by atoms with Crippen LogP contribution in [-0.4, -0.2) is 28.8 Å². The van der Waals surface area contributed by atoms with Gasteiger partial charge >= 0.3 is 5.97 Å². The Balaban J connectivity index is 1.73. The summed E-state index contributed by atoms with van der Waals surface area (Å²) >= 11 is 1.31. The first-order chi connectivity index (χ1) is 18.0. The van der Waals surface area contributed by atoms with Crippen molar-refractivity contribution in [3.05, 3.63) is 109 Å². The fraction of sp³-hybridized carbons (Fsp3) is 0.207. The van der Waals surface area contributed by atoms with Crippen LogP contribution in [-0.2, 0) is 16.1 Å². The molecule has 2 aromatic carbocycles. The van der Waals surface area contributed by atoms with Crippen molar-refractivity contribution in [2.45, 2.75) is 26.4 Å². The van der Waals surface area contributed by atoms with Gasteiger partial charge in [-0.25, -0.2) is 9.79 Å². The van der Waals surface area contributed by atoms with Gasteiger partial charge in [0.05, 0.1) is 35.6 Å². The molecule has 7 nitrogen and oxygen atoms in total. The summed E-state index contributed by atoms with van der Waals surface area (Å²) in [6, 6.07) is 14.8. The fourth-order valence-corrected chi connectivity index (χ4v) is 5.75. The number of carbonyl (C=O) groups is 1. The predicted octanol–water partition coefficient (Wildman–Crippen LogP) is 3.95. The number of rotatable bonds is 7. The molecule has 0 fully saturated rings. The van der Waals surface area contributed by atoms with E-state index in [0.717, 1.165) is 22.0 Å². The molecule has 0 amide bonds. The third kappa shape index (κ3) is 4.34. The van der Waals surface area contributed by atoms with Crippen LogP contribution in [0.2, 0.25) is 0 Å². The lowest BCUT2D eigenvalue weighted by molar-refractivity contribution is -0.139. The van der Waals surface area contributed by atoms with E-state index >= 15 is 0 Å². The summed E-state index contributed by atoms with van der Waals surface area (Å²) in [6.45, 7) is 8.29. The minimum atomic E-state index is -0.662. The van der Waals surface area contributed by atoms with E-state index in [1.54, 1.807) is 25.5 Å².